The van der Waals surface area contributed by atoms with Crippen LogP contribution in [0.25, 0.3) is 0 Å². The molecular formula is C22H40N8. The van der Waals surface area contributed by atoms with Gasteiger partial charge < -0.3 is 37.2 Å². The van der Waals surface area contributed by atoms with Gasteiger partial charge in [0.05, 0.1) is 11.4 Å². The molecule has 2 saturated heterocycles. The summed E-state index contributed by atoms with van der Waals surface area (Å²) in [6, 6.07) is 5.74. The van der Waals surface area contributed by atoms with Crippen LogP contribution < -0.4 is 37.2 Å². The molecule has 2 atom stereocenters. The Kier molecular flexibility index (Phi) is 8.87. The number of rotatable bonds is 1. The molecule has 4 heterocycles. The molecule has 0 amide bonds. The fraction of sp³-hybridized carbons (Fsp3) is 0.773. The van der Waals surface area contributed by atoms with Gasteiger partial charge in [-0.15, -0.1) is 0 Å². The molecule has 0 aromatic carbocycles. The van der Waals surface area contributed by atoms with Crippen molar-refractivity contribution < 1.29 is 0 Å². The SMILES string of the molecule is c1c(C2CC3CNCCNCCNCC(C2)N3)cc2nc1CNCCNCCNC2. The van der Waals surface area contributed by atoms with Gasteiger partial charge in [-0.25, -0.2) is 0 Å². The van der Waals surface area contributed by atoms with Gasteiger partial charge >= 0.3 is 0 Å². The van der Waals surface area contributed by atoms with Gasteiger partial charge in [-0.1, -0.05) is 0 Å². The molecule has 2 unspecified atom stereocenters. The Hall–Kier alpha value is -1.13. The molecule has 3 aliphatic heterocycles. The fourth-order valence-corrected chi connectivity index (χ4v) is 4.84. The molecule has 8 nitrogen and oxygen atoms in total. The minimum atomic E-state index is 0.517. The van der Waals surface area contributed by atoms with Crippen molar-refractivity contribution in [2.45, 2.75) is 43.9 Å². The minimum Gasteiger partial charge on any atom is -0.314 e. The first-order valence-corrected chi connectivity index (χ1v) is 11.9. The summed E-state index contributed by atoms with van der Waals surface area (Å²) in [5, 5.41) is 25.2. The summed E-state index contributed by atoms with van der Waals surface area (Å²) in [5.74, 6) is 0.584. The van der Waals surface area contributed by atoms with Crippen molar-refractivity contribution in [3.05, 3.63) is 29.1 Å². The zero-order chi connectivity index (χ0) is 20.4. The number of pyridine rings is 1. The lowest BCUT2D eigenvalue weighted by molar-refractivity contribution is 0.273. The maximum absolute atomic E-state index is 4.92. The molecule has 4 bridgehead atoms. The van der Waals surface area contributed by atoms with Crippen LogP contribution in [0.2, 0.25) is 0 Å². The maximum atomic E-state index is 4.92. The van der Waals surface area contributed by atoms with Gasteiger partial charge in [0, 0.05) is 90.6 Å². The third kappa shape index (κ3) is 6.95. The lowest BCUT2D eigenvalue weighted by Gasteiger charge is -2.37. The van der Waals surface area contributed by atoms with Crippen molar-refractivity contribution in [1.29, 1.82) is 0 Å². The van der Waals surface area contributed by atoms with E-state index in [1.54, 1.807) is 0 Å². The Bertz CT molecular complexity index is 593. The monoisotopic (exact) mass is 416 g/mol. The first-order valence-electron chi connectivity index (χ1n) is 11.9. The van der Waals surface area contributed by atoms with E-state index in [1.165, 1.54) is 29.8 Å². The summed E-state index contributed by atoms with van der Waals surface area (Å²) in [5.41, 5.74) is 3.82. The summed E-state index contributed by atoms with van der Waals surface area (Å²) in [6.07, 6.45) is 2.37. The molecule has 0 saturated carbocycles. The normalized spacial score (nSPS) is 30.2. The van der Waals surface area contributed by atoms with E-state index in [-0.39, 0.29) is 0 Å². The van der Waals surface area contributed by atoms with E-state index >= 15 is 0 Å². The average Bonchev–Trinajstić information content (AvgIpc) is 2.75. The highest BCUT2D eigenvalue weighted by Crippen LogP contribution is 2.31. The van der Waals surface area contributed by atoms with Crippen molar-refractivity contribution in [3.8, 4) is 0 Å². The lowest BCUT2D eigenvalue weighted by Crippen LogP contribution is -2.54. The standard InChI is InChI=1S/C22H40N8/c1-5-25-13-19-9-17(10-20(29-19)14-26-6-2-23-1)18-11-21-15-27-7-3-24-4-8-28-16-22(12-18)30-21/h9-10,18,21-28,30H,1-8,11-16H2. The highest BCUT2D eigenvalue weighted by molar-refractivity contribution is 5.27. The molecule has 7 N–H and O–H groups in total. The van der Waals surface area contributed by atoms with Gasteiger partial charge in [0.15, 0.2) is 0 Å². The summed E-state index contributed by atoms with van der Waals surface area (Å²) >= 11 is 0. The fourth-order valence-electron chi connectivity index (χ4n) is 4.84. The van der Waals surface area contributed by atoms with Crippen LogP contribution in [0, 0.1) is 0 Å². The van der Waals surface area contributed by atoms with E-state index in [0.717, 1.165) is 78.5 Å². The molecule has 4 rings (SSSR count). The Morgan fingerprint density at radius 2 is 1.07 bits per heavy atom. The molecule has 8 heteroatoms. The zero-order valence-electron chi connectivity index (χ0n) is 18.2. The van der Waals surface area contributed by atoms with Crippen molar-refractivity contribution in [2.24, 2.45) is 0 Å². The molecule has 2 fully saturated rings. The zero-order valence-corrected chi connectivity index (χ0v) is 18.2. The Balaban J connectivity index is 1.48. The second-order valence-electron chi connectivity index (χ2n) is 8.87. The second kappa shape index (κ2) is 12.0. The van der Waals surface area contributed by atoms with E-state index in [1.807, 2.05) is 0 Å². The van der Waals surface area contributed by atoms with E-state index in [0.29, 0.717) is 18.0 Å². The van der Waals surface area contributed by atoms with E-state index in [4.69, 9.17) is 4.98 Å². The van der Waals surface area contributed by atoms with Crippen LogP contribution in [-0.2, 0) is 13.1 Å². The van der Waals surface area contributed by atoms with Gasteiger partial charge in [-0.3, -0.25) is 4.98 Å². The van der Waals surface area contributed by atoms with E-state index < -0.39 is 0 Å². The molecule has 0 aliphatic carbocycles. The van der Waals surface area contributed by atoms with Crippen molar-refractivity contribution in [2.75, 3.05) is 65.4 Å². The first-order chi connectivity index (χ1) is 14.9. The van der Waals surface area contributed by atoms with Gasteiger partial charge in [0.25, 0.3) is 0 Å². The van der Waals surface area contributed by atoms with Crippen molar-refractivity contribution in [1.82, 2.24) is 42.2 Å². The first kappa shape index (κ1) is 22.1. The van der Waals surface area contributed by atoms with Crippen LogP contribution in [0.3, 0.4) is 0 Å². The van der Waals surface area contributed by atoms with Crippen molar-refractivity contribution in [3.63, 3.8) is 0 Å². The number of aromatic nitrogens is 1. The average molecular weight is 417 g/mol. The van der Waals surface area contributed by atoms with E-state index in [2.05, 4.69) is 49.4 Å². The molecule has 1 aromatic heterocycles. The van der Waals surface area contributed by atoms with Gasteiger partial charge in [-0.05, 0) is 36.5 Å². The predicted octanol–water partition coefficient (Wildman–Crippen LogP) is -1.15. The number of nitrogens with one attached hydrogen (secondary N) is 7. The van der Waals surface area contributed by atoms with Crippen LogP contribution in [0.5, 0.6) is 0 Å². The number of hydrogen-bond acceptors (Lipinski definition) is 8. The summed E-state index contributed by atoms with van der Waals surface area (Å²) in [6.45, 7) is 11.9. The Morgan fingerprint density at radius 3 is 1.60 bits per heavy atom. The maximum Gasteiger partial charge on any atom is 0.0548 e. The number of fused-ring (bicyclic) bond motifs is 4. The summed E-state index contributed by atoms with van der Waals surface area (Å²) in [4.78, 5) is 4.92. The molecule has 0 radical (unpaired) electrons. The third-order valence-electron chi connectivity index (χ3n) is 6.34. The number of hydrogen-bond donors (Lipinski definition) is 7. The van der Waals surface area contributed by atoms with Crippen LogP contribution >= 0.6 is 0 Å². The van der Waals surface area contributed by atoms with Crippen LogP contribution in [0.4, 0.5) is 0 Å². The van der Waals surface area contributed by atoms with Crippen LogP contribution in [-0.4, -0.2) is 82.5 Å². The molecular weight excluding hydrogens is 376 g/mol. The molecule has 3 aliphatic rings. The van der Waals surface area contributed by atoms with Gasteiger partial charge in [0.1, 0.15) is 0 Å². The topological polar surface area (TPSA) is 97.1 Å². The van der Waals surface area contributed by atoms with Crippen LogP contribution in [0.15, 0.2) is 12.1 Å². The molecule has 1 aromatic rings. The Labute approximate surface area is 181 Å². The quantitative estimate of drug-likeness (QED) is 0.309. The minimum absolute atomic E-state index is 0.517. The van der Waals surface area contributed by atoms with Crippen molar-refractivity contribution >= 4 is 0 Å². The molecule has 0 spiro atoms. The highest BCUT2D eigenvalue weighted by atomic mass is 15.1. The highest BCUT2D eigenvalue weighted by Gasteiger charge is 2.29. The van der Waals surface area contributed by atoms with Crippen LogP contribution in [0.1, 0.15) is 35.7 Å². The predicted molar refractivity (Wildman–Crippen MR) is 122 cm³/mol. The van der Waals surface area contributed by atoms with Gasteiger partial charge in [0.2, 0.25) is 0 Å². The van der Waals surface area contributed by atoms with E-state index in [9.17, 15) is 0 Å². The molecule has 30 heavy (non-hydrogen) atoms. The lowest BCUT2D eigenvalue weighted by atomic mass is 9.82. The third-order valence-corrected chi connectivity index (χ3v) is 6.34. The molecule has 168 valence electrons. The smallest absolute Gasteiger partial charge is 0.0548 e. The Morgan fingerprint density at radius 1 is 0.600 bits per heavy atom. The van der Waals surface area contributed by atoms with Gasteiger partial charge in [-0.2, -0.15) is 0 Å². The number of piperidine rings is 1. The largest absolute Gasteiger partial charge is 0.314 e. The second-order valence-corrected chi connectivity index (χ2v) is 8.87. The summed E-state index contributed by atoms with van der Waals surface area (Å²) < 4.78 is 0. The number of nitrogens with zero attached hydrogens (tertiary/aromatic N) is 1. The summed E-state index contributed by atoms with van der Waals surface area (Å²) in [7, 11) is 0.